The number of benzene rings is 2. The van der Waals surface area contributed by atoms with Crippen molar-refractivity contribution in [3.05, 3.63) is 59.7 Å². The molecule has 0 aliphatic heterocycles. The first-order valence-electron chi connectivity index (χ1n) is 8.76. The van der Waals surface area contributed by atoms with E-state index in [9.17, 15) is 9.59 Å². The predicted molar refractivity (Wildman–Crippen MR) is 101 cm³/mol. The van der Waals surface area contributed by atoms with Crippen LogP contribution in [0.15, 0.2) is 48.5 Å². The molecular formula is C21H24N2O2. The molecule has 1 aliphatic carbocycles. The topological polar surface area (TPSA) is 58.2 Å². The third-order valence-corrected chi connectivity index (χ3v) is 5.01. The van der Waals surface area contributed by atoms with Gasteiger partial charge in [0.1, 0.15) is 0 Å². The Morgan fingerprint density at radius 1 is 0.960 bits per heavy atom. The largest absolute Gasteiger partial charge is 0.326 e. The van der Waals surface area contributed by atoms with Crippen LogP contribution in [0.5, 0.6) is 0 Å². The number of carbonyl (C=O) groups is 2. The number of nitrogens with one attached hydrogen (secondary N) is 2. The minimum Gasteiger partial charge on any atom is -0.326 e. The van der Waals surface area contributed by atoms with Crippen LogP contribution in [-0.4, -0.2) is 11.8 Å². The first-order chi connectivity index (χ1) is 12.0. The summed E-state index contributed by atoms with van der Waals surface area (Å²) in [5.74, 6) is -0.0447. The van der Waals surface area contributed by atoms with Crippen molar-refractivity contribution < 1.29 is 9.59 Å². The molecule has 0 bridgehead atoms. The van der Waals surface area contributed by atoms with Crippen molar-refractivity contribution in [2.45, 2.75) is 44.9 Å². The number of anilines is 2. The zero-order valence-corrected chi connectivity index (χ0v) is 14.8. The highest BCUT2D eigenvalue weighted by molar-refractivity contribution is 6.00. The molecule has 0 saturated heterocycles. The Morgan fingerprint density at radius 3 is 2.24 bits per heavy atom. The summed E-state index contributed by atoms with van der Waals surface area (Å²) in [5, 5.41) is 5.88. The lowest BCUT2D eigenvalue weighted by molar-refractivity contribution is -0.121. The maximum absolute atomic E-state index is 13.1. The molecule has 4 heteroatoms. The molecule has 2 aromatic rings. The van der Waals surface area contributed by atoms with Crippen LogP contribution in [0.1, 0.15) is 43.7 Å². The van der Waals surface area contributed by atoms with E-state index >= 15 is 0 Å². The first kappa shape index (κ1) is 17.2. The number of hydrogen-bond acceptors (Lipinski definition) is 2. The fourth-order valence-corrected chi connectivity index (χ4v) is 3.70. The van der Waals surface area contributed by atoms with E-state index in [1.54, 1.807) is 0 Å². The number of amides is 2. The van der Waals surface area contributed by atoms with Crippen LogP contribution in [0.4, 0.5) is 11.4 Å². The van der Waals surface area contributed by atoms with E-state index in [0.717, 1.165) is 48.2 Å². The van der Waals surface area contributed by atoms with Gasteiger partial charge in [-0.3, -0.25) is 9.59 Å². The van der Waals surface area contributed by atoms with Crippen molar-refractivity contribution in [3.8, 4) is 0 Å². The van der Waals surface area contributed by atoms with E-state index in [2.05, 4.69) is 22.8 Å². The molecule has 0 atom stereocenters. The normalized spacial score (nSPS) is 15.6. The lowest BCUT2D eigenvalue weighted by Crippen LogP contribution is -2.37. The summed E-state index contributed by atoms with van der Waals surface area (Å²) in [6.45, 7) is 3.41. The molecule has 1 saturated carbocycles. The van der Waals surface area contributed by atoms with Crippen LogP contribution in [-0.2, 0) is 15.0 Å². The highest BCUT2D eigenvalue weighted by atomic mass is 16.2. The molecule has 3 rings (SSSR count). The molecule has 0 aromatic heterocycles. The second-order valence-electron chi connectivity index (χ2n) is 6.82. The maximum atomic E-state index is 13.1. The molecule has 2 N–H and O–H groups in total. The van der Waals surface area contributed by atoms with Gasteiger partial charge in [-0.15, -0.1) is 0 Å². The van der Waals surface area contributed by atoms with Gasteiger partial charge in [0, 0.05) is 18.3 Å². The van der Waals surface area contributed by atoms with E-state index < -0.39 is 5.41 Å². The van der Waals surface area contributed by atoms with Gasteiger partial charge in [0.2, 0.25) is 11.8 Å². The molecule has 4 nitrogen and oxygen atoms in total. The Balaban J connectivity index is 1.83. The molecule has 25 heavy (non-hydrogen) atoms. The van der Waals surface area contributed by atoms with E-state index in [1.807, 2.05) is 43.3 Å². The van der Waals surface area contributed by atoms with Gasteiger partial charge in [-0.2, -0.15) is 0 Å². The smallest absolute Gasteiger partial charge is 0.235 e. The zero-order valence-electron chi connectivity index (χ0n) is 14.8. The van der Waals surface area contributed by atoms with E-state index in [4.69, 9.17) is 0 Å². The lowest BCUT2D eigenvalue weighted by atomic mass is 9.78. The summed E-state index contributed by atoms with van der Waals surface area (Å²) < 4.78 is 0. The van der Waals surface area contributed by atoms with Gasteiger partial charge in [0.25, 0.3) is 0 Å². The van der Waals surface area contributed by atoms with Crippen molar-refractivity contribution in [2.24, 2.45) is 0 Å². The standard InChI is InChI=1S/C21H24N2O2/c1-15-14-18(10-11-19(15)22-16(2)24)23-20(25)21(12-6-7-13-21)17-8-4-3-5-9-17/h3-5,8-11,14H,6-7,12-13H2,1-2H3,(H,22,24)(H,23,25). The van der Waals surface area contributed by atoms with Crippen LogP contribution in [0.3, 0.4) is 0 Å². The minimum atomic E-state index is -0.439. The van der Waals surface area contributed by atoms with Crippen molar-refractivity contribution in [1.29, 1.82) is 0 Å². The van der Waals surface area contributed by atoms with Crippen LogP contribution in [0.25, 0.3) is 0 Å². The summed E-state index contributed by atoms with van der Waals surface area (Å²) in [4.78, 5) is 24.4. The van der Waals surface area contributed by atoms with Gasteiger partial charge in [-0.25, -0.2) is 0 Å². The quantitative estimate of drug-likeness (QED) is 0.869. The number of aryl methyl sites for hydroxylation is 1. The van der Waals surface area contributed by atoms with Crippen LogP contribution < -0.4 is 10.6 Å². The van der Waals surface area contributed by atoms with Gasteiger partial charge in [-0.1, -0.05) is 43.2 Å². The molecule has 0 heterocycles. The fourth-order valence-electron chi connectivity index (χ4n) is 3.70. The summed E-state index contributed by atoms with van der Waals surface area (Å²) in [5.41, 5.74) is 3.11. The number of rotatable bonds is 4. The third-order valence-electron chi connectivity index (χ3n) is 5.01. The van der Waals surface area contributed by atoms with Gasteiger partial charge >= 0.3 is 0 Å². The number of carbonyl (C=O) groups excluding carboxylic acids is 2. The van der Waals surface area contributed by atoms with Crippen molar-refractivity contribution in [2.75, 3.05) is 10.6 Å². The predicted octanol–water partition coefficient (Wildman–Crippen LogP) is 4.40. The molecule has 2 aromatic carbocycles. The number of hydrogen-bond donors (Lipinski definition) is 2. The molecule has 2 amide bonds. The van der Waals surface area contributed by atoms with Crippen molar-refractivity contribution in [1.82, 2.24) is 0 Å². The maximum Gasteiger partial charge on any atom is 0.235 e. The average Bonchev–Trinajstić information content (AvgIpc) is 3.09. The van der Waals surface area contributed by atoms with Crippen LogP contribution in [0, 0.1) is 6.92 Å². The minimum absolute atomic E-state index is 0.0582. The van der Waals surface area contributed by atoms with E-state index in [-0.39, 0.29) is 11.8 Å². The average molecular weight is 336 g/mol. The van der Waals surface area contributed by atoms with E-state index in [1.165, 1.54) is 6.92 Å². The van der Waals surface area contributed by atoms with Gasteiger partial charge in [0.05, 0.1) is 5.41 Å². The summed E-state index contributed by atoms with van der Waals surface area (Å²) in [7, 11) is 0. The molecule has 1 aliphatic rings. The van der Waals surface area contributed by atoms with E-state index in [0.29, 0.717) is 0 Å². The Labute approximate surface area is 148 Å². The summed E-state index contributed by atoms with van der Waals surface area (Å²) in [6.07, 6.45) is 3.91. The van der Waals surface area contributed by atoms with Crippen LogP contribution in [0.2, 0.25) is 0 Å². The molecule has 0 unspecified atom stereocenters. The fraction of sp³-hybridized carbons (Fsp3) is 0.333. The van der Waals surface area contributed by atoms with Gasteiger partial charge < -0.3 is 10.6 Å². The summed E-state index contributed by atoms with van der Waals surface area (Å²) in [6, 6.07) is 15.6. The molecular weight excluding hydrogens is 312 g/mol. The molecule has 0 spiro atoms. The van der Waals surface area contributed by atoms with Crippen molar-refractivity contribution in [3.63, 3.8) is 0 Å². The SMILES string of the molecule is CC(=O)Nc1ccc(NC(=O)C2(c3ccccc3)CCCC2)cc1C. The third kappa shape index (κ3) is 3.58. The highest BCUT2D eigenvalue weighted by Crippen LogP contribution is 2.42. The van der Waals surface area contributed by atoms with Gasteiger partial charge in [-0.05, 0) is 49.1 Å². The van der Waals surface area contributed by atoms with Gasteiger partial charge in [0.15, 0.2) is 0 Å². The molecule has 130 valence electrons. The van der Waals surface area contributed by atoms with Crippen molar-refractivity contribution >= 4 is 23.2 Å². The first-order valence-corrected chi connectivity index (χ1v) is 8.76. The Bertz CT molecular complexity index is 778. The second kappa shape index (κ2) is 7.09. The van der Waals surface area contributed by atoms with Crippen LogP contribution >= 0.6 is 0 Å². The molecule has 1 fully saturated rings. The highest BCUT2D eigenvalue weighted by Gasteiger charge is 2.42. The lowest BCUT2D eigenvalue weighted by Gasteiger charge is -2.28. The Morgan fingerprint density at radius 2 is 1.64 bits per heavy atom. The second-order valence-corrected chi connectivity index (χ2v) is 6.82. The monoisotopic (exact) mass is 336 g/mol. The zero-order chi connectivity index (χ0) is 17.9. The summed E-state index contributed by atoms with van der Waals surface area (Å²) >= 11 is 0. The Kier molecular flexibility index (Phi) is 4.88. The Hall–Kier alpha value is -2.62. The molecule has 0 radical (unpaired) electrons.